The van der Waals surface area contributed by atoms with Crippen LogP contribution in [0.2, 0.25) is 0 Å². The smallest absolute Gasteiger partial charge is 0.154 e. The average molecular weight is 274 g/mol. The number of hydrogen-bond acceptors (Lipinski definition) is 4. The maximum atomic E-state index is 11.8. The van der Waals surface area contributed by atoms with Crippen LogP contribution in [0.5, 0.6) is 0 Å². The van der Waals surface area contributed by atoms with Crippen LogP contribution in [0, 0.1) is 5.92 Å². The van der Waals surface area contributed by atoms with Crippen molar-refractivity contribution in [1.29, 1.82) is 0 Å². The van der Waals surface area contributed by atoms with E-state index in [1.165, 1.54) is 0 Å². The number of likely N-dealkylation sites (tertiary alicyclic amines) is 1. The molecular weight excluding hydrogens is 248 g/mol. The highest BCUT2D eigenvalue weighted by atomic mass is 32.2. The lowest BCUT2D eigenvalue weighted by Gasteiger charge is -2.37. The Bertz CT molecular complexity index is 369. The van der Waals surface area contributed by atoms with Crippen molar-refractivity contribution in [2.24, 2.45) is 5.92 Å². The molecule has 2 rings (SSSR count). The summed E-state index contributed by atoms with van der Waals surface area (Å²) in [7, 11) is -2.79. The largest absolute Gasteiger partial charge is 0.312 e. The summed E-state index contributed by atoms with van der Waals surface area (Å²) in [4.78, 5) is 2.47. The van der Waals surface area contributed by atoms with Crippen molar-refractivity contribution in [2.45, 2.75) is 44.4 Å². The molecule has 0 saturated carbocycles. The second-order valence-electron chi connectivity index (χ2n) is 5.81. The predicted octanol–water partition coefficient (Wildman–Crippen LogP) is 0.884. The van der Waals surface area contributed by atoms with E-state index in [2.05, 4.69) is 24.1 Å². The molecule has 5 heteroatoms. The third kappa shape index (κ3) is 3.25. The van der Waals surface area contributed by atoms with Crippen LogP contribution in [0.15, 0.2) is 0 Å². The molecule has 0 aromatic heterocycles. The van der Waals surface area contributed by atoms with Gasteiger partial charge in [-0.2, -0.15) is 0 Å². The molecule has 18 heavy (non-hydrogen) atoms. The Morgan fingerprint density at radius 3 is 2.67 bits per heavy atom. The fourth-order valence-corrected chi connectivity index (χ4v) is 4.97. The first-order chi connectivity index (χ1) is 8.53. The Hall–Kier alpha value is -0.130. The summed E-state index contributed by atoms with van der Waals surface area (Å²) in [6, 6.07) is 0.489. The van der Waals surface area contributed by atoms with E-state index in [0.717, 1.165) is 38.9 Å². The maximum absolute atomic E-state index is 11.8. The van der Waals surface area contributed by atoms with Crippen LogP contribution in [0.25, 0.3) is 0 Å². The molecule has 0 spiro atoms. The van der Waals surface area contributed by atoms with Gasteiger partial charge < -0.3 is 10.2 Å². The minimum atomic E-state index is -2.79. The molecule has 1 N–H and O–H groups in total. The molecule has 2 aliphatic rings. The van der Waals surface area contributed by atoms with Crippen LogP contribution in [0.3, 0.4) is 0 Å². The third-order valence-electron chi connectivity index (χ3n) is 4.51. The minimum Gasteiger partial charge on any atom is -0.312 e. The summed E-state index contributed by atoms with van der Waals surface area (Å²) in [5.41, 5.74) is 0. The molecule has 3 atom stereocenters. The second kappa shape index (κ2) is 5.88. The van der Waals surface area contributed by atoms with Gasteiger partial charge in [0.2, 0.25) is 0 Å². The van der Waals surface area contributed by atoms with E-state index in [4.69, 9.17) is 0 Å². The van der Waals surface area contributed by atoms with Crippen LogP contribution in [-0.2, 0) is 9.84 Å². The summed E-state index contributed by atoms with van der Waals surface area (Å²) in [5, 5.41) is 3.38. The minimum absolute atomic E-state index is 0.131. The first-order valence-corrected chi connectivity index (χ1v) is 8.91. The lowest BCUT2D eigenvalue weighted by atomic mass is 9.94. The highest BCUT2D eigenvalue weighted by Crippen LogP contribution is 2.21. The number of sulfone groups is 1. The highest BCUT2D eigenvalue weighted by molar-refractivity contribution is 7.92. The standard InChI is InChI=1S/C13H26N2O2S/c1-3-15-7-6-13(11(2)10-15)14-9-12-5-4-8-18(12,16)17/h11-14H,3-10H2,1-2H3/t11-,12+,13+/m1/s1. The molecule has 4 nitrogen and oxygen atoms in total. The van der Waals surface area contributed by atoms with Gasteiger partial charge in [0.05, 0.1) is 11.0 Å². The topological polar surface area (TPSA) is 49.4 Å². The van der Waals surface area contributed by atoms with E-state index in [1.807, 2.05) is 0 Å². The van der Waals surface area contributed by atoms with Gasteiger partial charge in [0.1, 0.15) is 0 Å². The van der Waals surface area contributed by atoms with E-state index in [-0.39, 0.29) is 5.25 Å². The molecule has 0 aromatic rings. The zero-order valence-corrected chi connectivity index (χ0v) is 12.4. The van der Waals surface area contributed by atoms with Crippen LogP contribution in [0.1, 0.15) is 33.1 Å². The molecule has 0 aromatic carbocycles. The Morgan fingerprint density at radius 2 is 2.11 bits per heavy atom. The molecule has 0 amide bonds. The van der Waals surface area contributed by atoms with Crippen molar-refractivity contribution in [3.63, 3.8) is 0 Å². The second-order valence-corrected chi connectivity index (χ2v) is 8.21. The van der Waals surface area contributed by atoms with E-state index in [0.29, 0.717) is 24.3 Å². The summed E-state index contributed by atoms with van der Waals surface area (Å²) < 4.78 is 23.5. The molecule has 106 valence electrons. The Morgan fingerprint density at radius 1 is 1.33 bits per heavy atom. The number of piperidine rings is 1. The van der Waals surface area contributed by atoms with Gasteiger partial charge >= 0.3 is 0 Å². The zero-order chi connectivity index (χ0) is 13.2. The first kappa shape index (κ1) is 14.3. The Balaban J connectivity index is 1.80. The molecule has 2 saturated heterocycles. The lowest BCUT2D eigenvalue weighted by molar-refractivity contribution is 0.154. The highest BCUT2D eigenvalue weighted by Gasteiger charge is 2.32. The SMILES string of the molecule is CCN1CC[C@H](NC[C@@H]2CCCS2(=O)=O)[C@H](C)C1. The summed E-state index contributed by atoms with van der Waals surface area (Å²) >= 11 is 0. The molecule has 0 bridgehead atoms. The van der Waals surface area contributed by atoms with Crippen LogP contribution in [0.4, 0.5) is 0 Å². The molecule has 0 radical (unpaired) electrons. The van der Waals surface area contributed by atoms with Gasteiger partial charge in [-0.1, -0.05) is 13.8 Å². The van der Waals surface area contributed by atoms with Gasteiger partial charge in [0.15, 0.2) is 9.84 Å². The fourth-order valence-electron chi connectivity index (χ4n) is 3.19. The van der Waals surface area contributed by atoms with Crippen molar-refractivity contribution in [3.05, 3.63) is 0 Å². The molecule has 2 fully saturated rings. The summed E-state index contributed by atoms with van der Waals surface area (Å²) in [5.74, 6) is 1.01. The number of nitrogens with zero attached hydrogens (tertiary/aromatic N) is 1. The number of rotatable bonds is 4. The summed E-state index contributed by atoms with van der Waals surface area (Å²) in [6.07, 6.45) is 2.83. The summed E-state index contributed by atoms with van der Waals surface area (Å²) in [6.45, 7) is 8.51. The normalized spacial score (nSPS) is 36.9. The average Bonchev–Trinajstić information content (AvgIpc) is 2.67. The van der Waals surface area contributed by atoms with Gasteiger partial charge in [0, 0.05) is 19.1 Å². The van der Waals surface area contributed by atoms with Gasteiger partial charge in [-0.15, -0.1) is 0 Å². The van der Waals surface area contributed by atoms with Gasteiger partial charge in [-0.3, -0.25) is 0 Å². The third-order valence-corrected chi connectivity index (χ3v) is 6.78. The predicted molar refractivity (Wildman–Crippen MR) is 74.5 cm³/mol. The maximum Gasteiger partial charge on any atom is 0.154 e. The monoisotopic (exact) mass is 274 g/mol. The van der Waals surface area contributed by atoms with Crippen molar-refractivity contribution in [1.82, 2.24) is 10.2 Å². The van der Waals surface area contributed by atoms with E-state index in [1.54, 1.807) is 0 Å². The van der Waals surface area contributed by atoms with Gasteiger partial charge in [-0.05, 0) is 38.3 Å². The van der Waals surface area contributed by atoms with Crippen LogP contribution >= 0.6 is 0 Å². The van der Waals surface area contributed by atoms with Crippen LogP contribution < -0.4 is 5.32 Å². The lowest BCUT2D eigenvalue weighted by Crippen LogP contribution is -2.50. The van der Waals surface area contributed by atoms with Crippen LogP contribution in [-0.4, -0.2) is 56.5 Å². The Kier molecular flexibility index (Phi) is 4.67. The molecule has 2 heterocycles. The number of hydrogen-bond donors (Lipinski definition) is 1. The quantitative estimate of drug-likeness (QED) is 0.827. The van der Waals surface area contributed by atoms with E-state index in [9.17, 15) is 8.42 Å². The molecule has 2 aliphatic heterocycles. The zero-order valence-electron chi connectivity index (χ0n) is 11.6. The van der Waals surface area contributed by atoms with Crippen molar-refractivity contribution < 1.29 is 8.42 Å². The van der Waals surface area contributed by atoms with E-state index < -0.39 is 9.84 Å². The van der Waals surface area contributed by atoms with Gasteiger partial charge in [-0.25, -0.2) is 8.42 Å². The Labute approximate surface area is 111 Å². The van der Waals surface area contributed by atoms with Crippen molar-refractivity contribution in [2.75, 3.05) is 31.9 Å². The molecule has 0 aliphatic carbocycles. The van der Waals surface area contributed by atoms with E-state index >= 15 is 0 Å². The number of nitrogens with one attached hydrogen (secondary N) is 1. The van der Waals surface area contributed by atoms with Crippen molar-refractivity contribution >= 4 is 9.84 Å². The molecule has 0 unspecified atom stereocenters. The van der Waals surface area contributed by atoms with Crippen molar-refractivity contribution in [3.8, 4) is 0 Å². The first-order valence-electron chi connectivity index (χ1n) is 7.20. The van der Waals surface area contributed by atoms with Gasteiger partial charge in [0.25, 0.3) is 0 Å². The fraction of sp³-hybridized carbons (Fsp3) is 1.00. The molecular formula is C13H26N2O2S.